The average Bonchev–Trinajstić information content (AvgIpc) is 2.48. The predicted octanol–water partition coefficient (Wildman–Crippen LogP) is 2.60. The number of primary amides is 1. The van der Waals surface area contributed by atoms with E-state index >= 15 is 0 Å². The Hall–Kier alpha value is -2.34. The normalized spacial score (nSPS) is 9.95. The van der Waals surface area contributed by atoms with E-state index in [0.29, 0.717) is 11.3 Å². The maximum absolute atomic E-state index is 11.8. The van der Waals surface area contributed by atoms with Gasteiger partial charge in [0, 0.05) is 15.7 Å². The molecule has 0 saturated carbocycles. The molecule has 0 aromatic heterocycles. The van der Waals surface area contributed by atoms with Gasteiger partial charge in [0.1, 0.15) is 0 Å². The van der Waals surface area contributed by atoms with Gasteiger partial charge in [-0.15, -0.1) is 0 Å². The minimum absolute atomic E-state index is 0.122. The molecular weight excluding hydrogens is 334 g/mol. The molecule has 0 saturated heterocycles. The molecule has 0 spiro atoms. The largest absolute Gasteiger partial charge is 0.376 e. The van der Waals surface area contributed by atoms with E-state index in [-0.39, 0.29) is 12.5 Å². The van der Waals surface area contributed by atoms with Gasteiger partial charge in [-0.05, 0) is 52.3 Å². The van der Waals surface area contributed by atoms with Crippen LogP contribution < -0.4 is 16.4 Å². The SMILES string of the molecule is NC(=O)c1ccc(NCC(=O)Nc2ccccc2Br)cc1. The first kappa shape index (κ1) is 15.1. The number of carbonyl (C=O) groups excluding carboxylic acids is 2. The number of anilines is 2. The summed E-state index contributed by atoms with van der Waals surface area (Å²) >= 11 is 3.36. The molecule has 5 nitrogen and oxygen atoms in total. The summed E-state index contributed by atoms with van der Waals surface area (Å²) in [7, 11) is 0. The van der Waals surface area contributed by atoms with E-state index in [9.17, 15) is 9.59 Å². The fourth-order valence-corrected chi connectivity index (χ4v) is 2.08. The van der Waals surface area contributed by atoms with Gasteiger partial charge in [0.2, 0.25) is 11.8 Å². The van der Waals surface area contributed by atoms with E-state index in [1.165, 1.54) is 0 Å². The summed E-state index contributed by atoms with van der Waals surface area (Å²) in [6.45, 7) is 0.122. The van der Waals surface area contributed by atoms with Crippen LogP contribution in [-0.2, 0) is 4.79 Å². The van der Waals surface area contributed by atoms with Crippen LogP contribution in [0.2, 0.25) is 0 Å². The Kier molecular flexibility index (Phi) is 4.94. The van der Waals surface area contributed by atoms with Crippen LogP contribution >= 0.6 is 15.9 Å². The van der Waals surface area contributed by atoms with E-state index < -0.39 is 5.91 Å². The van der Waals surface area contributed by atoms with Crippen LogP contribution in [0.3, 0.4) is 0 Å². The lowest BCUT2D eigenvalue weighted by Crippen LogP contribution is -2.22. The van der Waals surface area contributed by atoms with Crippen LogP contribution in [-0.4, -0.2) is 18.4 Å². The molecular formula is C15H14BrN3O2. The first-order valence-corrected chi connectivity index (χ1v) is 7.03. The van der Waals surface area contributed by atoms with Crippen molar-refractivity contribution >= 4 is 39.1 Å². The maximum Gasteiger partial charge on any atom is 0.248 e. The van der Waals surface area contributed by atoms with Crippen LogP contribution in [0.4, 0.5) is 11.4 Å². The Labute approximate surface area is 130 Å². The lowest BCUT2D eigenvalue weighted by Gasteiger charge is -2.09. The van der Waals surface area contributed by atoms with Gasteiger partial charge in [-0.2, -0.15) is 0 Å². The number of carbonyl (C=O) groups is 2. The van der Waals surface area contributed by atoms with E-state index in [4.69, 9.17) is 5.73 Å². The fourth-order valence-electron chi connectivity index (χ4n) is 1.69. The van der Waals surface area contributed by atoms with E-state index in [1.807, 2.05) is 24.3 Å². The summed E-state index contributed by atoms with van der Waals surface area (Å²) in [5, 5.41) is 5.76. The van der Waals surface area contributed by atoms with Gasteiger partial charge in [0.25, 0.3) is 0 Å². The zero-order valence-corrected chi connectivity index (χ0v) is 12.7. The van der Waals surface area contributed by atoms with Crippen LogP contribution in [0.25, 0.3) is 0 Å². The van der Waals surface area contributed by atoms with Crippen molar-refractivity contribution in [1.29, 1.82) is 0 Å². The Morgan fingerprint density at radius 2 is 1.71 bits per heavy atom. The molecule has 21 heavy (non-hydrogen) atoms. The maximum atomic E-state index is 11.8. The highest BCUT2D eigenvalue weighted by Crippen LogP contribution is 2.21. The minimum atomic E-state index is -0.478. The van der Waals surface area contributed by atoms with Crippen LogP contribution in [0.5, 0.6) is 0 Å². The second kappa shape index (κ2) is 6.90. The van der Waals surface area contributed by atoms with E-state index in [0.717, 1.165) is 10.2 Å². The summed E-state index contributed by atoms with van der Waals surface area (Å²) in [6, 6.07) is 14.0. The molecule has 0 atom stereocenters. The number of rotatable bonds is 5. The first-order chi connectivity index (χ1) is 10.1. The number of benzene rings is 2. The van der Waals surface area contributed by atoms with Crippen molar-refractivity contribution in [2.75, 3.05) is 17.2 Å². The van der Waals surface area contributed by atoms with E-state index in [2.05, 4.69) is 26.6 Å². The Bertz CT molecular complexity index is 656. The average molecular weight is 348 g/mol. The van der Waals surface area contributed by atoms with Crippen molar-refractivity contribution in [3.8, 4) is 0 Å². The van der Waals surface area contributed by atoms with Crippen LogP contribution in [0.1, 0.15) is 10.4 Å². The van der Waals surface area contributed by atoms with Gasteiger partial charge in [0.15, 0.2) is 0 Å². The molecule has 0 aliphatic heterocycles. The number of halogens is 1. The van der Waals surface area contributed by atoms with Gasteiger partial charge in [-0.3, -0.25) is 9.59 Å². The van der Waals surface area contributed by atoms with Crippen molar-refractivity contribution in [1.82, 2.24) is 0 Å². The number of nitrogens with two attached hydrogens (primary N) is 1. The first-order valence-electron chi connectivity index (χ1n) is 6.24. The lowest BCUT2D eigenvalue weighted by atomic mass is 10.2. The van der Waals surface area contributed by atoms with Crippen molar-refractivity contribution in [3.63, 3.8) is 0 Å². The van der Waals surface area contributed by atoms with Gasteiger partial charge in [-0.1, -0.05) is 12.1 Å². The fraction of sp³-hybridized carbons (Fsp3) is 0.0667. The molecule has 0 aliphatic carbocycles. The molecule has 6 heteroatoms. The summed E-state index contributed by atoms with van der Waals surface area (Å²) in [5.74, 6) is -0.644. The van der Waals surface area contributed by atoms with E-state index in [1.54, 1.807) is 24.3 Å². The van der Waals surface area contributed by atoms with Gasteiger partial charge < -0.3 is 16.4 Å². The Morgan fingerprint density at radius 1 is 1.05 bits per heavy atom. The zero-order chi connectivity index (χ0) is 15.2. The molecule has 2 amide bonds. The molecule has 108 valence electrons. The topological polar surface area (TPSA) is 84.2 Å². The number of hydrogen-bond acceptors (Lipinski definition) is 3. The smallest absolute Gasteiger partial charge is 0.248 e. The quantitative estimate of drug-likeness (QED) is 0.777. The molecule has 2 rings (SSSR count). The summed E-state index contributed by atoms with van der Waals surface area (Å²) in [6.07, 6.45) is 0. The van der Waals surface area contributed by atoms with Crippen molar-refractivity contribution < 1.29 is 9.59 Å². The summed E-state index contributed by atoms with van der Waals surface area (Å²) in [5.41, 5.74) is 7.04. The molecule has 0 unspecified atom stereocenters. The molecule has 0 fully saturated rings. The number of hydrogen-bond donors (Lipinski definition) is 3. The molecule has 0 radical (unpaired) electrons. The molecule has 0 aliphatic rings. The molecule has 0 heterocycles. The second-order valence-corrected chi connectivity index (χ2v) is 5.18. The lowest BCUT2D eigenvalue weighted by molar-refractivity contribution is -0.114. The Morgan fingerprint density at radius 3 is 2.33 bits per heavy atom. The summed E-state index contributed by atoms with van der Waals surface area (Å²) < 4.78 is 0.823. The minimum Gasteiger partial charge on any atom is -0.376 e. The molecule has 2 aromatic rings. The number of para-hydroxylation sites is 1. The van der Waals surface area contributed by atoms with Crippen LogP contribution in [0, 0.1) is 0 Å². The highest BCUT2D eigenvalue weighted by molar-refractivity contribution is 9.10. The van der Waals surface area contributed by atoms with Crippen molar-refractivity contribution in [2.45, 2.75) is 0 Å². The standard InChI is InChI=1S/C15H14BrN3O2/c16-12-3-1-2-4-13(12)19-14(20)9-18-11-7-5-10(6-8-11)15(17)21/h1-8,18H,9H2,(H2,17,21)(H,19,20). The number of nitrogens with one attached hydrogen (secondary N) is 2. The highest BCUT2D eigenvalue weighted by atomic mass is 79.9. The zero-order valence-electron chi connectivity index (χ0n) is 11.1. The van der Waals surface area contributed by atoms with Gasteiger partial charge in [-0.25, -0.2) is 0 Å². The number of amides is 2. The molecule has 4 N–H and O–H groups in total. The third-order valence-corrected chi connectivity index (χ3v) is 3.46. The van der Waals surface area contributed by atoms with Crippen LogP contribution in [0.15, 0.2) is 53.0 Å². The molecule has 0 bridgehead atoms. The predicted molar refractivity (Wildman–Crippen MR) is 86.2 cm³/mol. The second-order valence-electron chi connectivity index (χ2n) is 4.32. The summed E-state index contributed by atoms with van der Waals surface area (Å²) in [4.78, 5) is 22.8. The Balaban J connectivity index is 1.89. The molecule has 2 aromatic carbocycles. The third-order valence-electron chi connectivity index (χ3n) is 2.77. The van der Waals surface area contributed by atoms with Gasteiger partial charge in [0.05, 0.1) is 12.2 Å². The highest BCUT2D eigenvalue weighted by Gasteiger charge is 2.05. The van der Waals surface area contributed by atoms with Crippen molar-refractivity contribution in [3.05, 3.63) is 58.6 Å². The monoisotopic (exact) mass is 347 g/mol. The third kappa shape index (κ3) is 4.32. The van der Waals surface area contributed by atoms with Gasteiger partial charge >= 0.3 is 0 Å². The van der Waals surface area contributed by atoms with Crippen molar-refractivity contribution in [2.24, 2.45) is 5.73 Å².